The van der Waals surface area contributed by atoms with Crippen molar-refractivity contribution >= 4 is 15.9 Å². The third-order valence-electron chi connectivity index (χ3n) is 6.60. The van der Waals surface area contributed by atoms with Crippen LogP contribution in [0.3, 0.4) is 0 Å². The van der Waals surface area contributed by atoms with Gasteiger partial charge in [0.25, 0.3) is 0 Å². The third kappa shape index (κ3) is 5.24. The van der Waals surface area contributed by atoms with Gasteiger partial charge in [-0.25, -0.2) is 18.4 Å². The highest BCUT2D eigenvalue weighted by Crippen LogP contribution is 2.37. The highest BCUT2D eigenvalue weighted by molar-refractivity contribution is 7.89. The lowest BCUT2D eigenvalue weighted by molar-refractivity contribution is -0.131. The van der Waals surface area contributed by atoms with Gasteiger partial charge in [0.05, 0.1) is 13.2 Å². The smallest absolute Gasteiger partial charge is 0.247 e. The number of aromatic nitrogens is 2. The van der Waals surface area contributed by atoms with Crippen LogP contribution in [-0.4, -0.2) is 77.5 Å². The minimum absolute atomic E-state index is 0.0391. The Bertz CT molecular complexity index is 1120. The molecule has 1 N–H and O–H groups in total. The molecule has 1 saturated carbocycles. The Labute approximate surface area is 200 Å². The molecule has 2 heterocycles. The summed E-state index contributed by atoms with van der Waals surface area (Å²) in [7, 11) is -2.16. The summed E-state index contributed by atoms with van der Waals surface area (Å²) < 4.78 is 34.8. The van der Waals surface area contributed by atoms with Gasteiger partial charge in [0, 0.05) is 49.9 Å². The van der Waals surface area contributed by atoms with Crippen LogP contribution in [0, 0.1) is 11.8 Å². The van der Waals surface area contributed by atoms with Crippen LogP contribution in [0.4, 0.5) is 0 Å². The van der Waals surface area contributed by atoms with Gasteiger partial charge in [-0.05, 0) is 43.4 Å². The Morgan fingerprint density at radius 1 is 1.26 bits per heavy atom. The minimum Gasteiger partial charge on any atom is -0.487 e. The lowest BCUT2D eigenvalue weighted by Crippen LogP contribution is -2.50. The fourth-order valence-electron chi connectivity index (χ4n) is 4.17. The zero-order valence-electron chi connectivity index (χ0n) is 19.8. The molecule has 184 valence electrons. The molecule has 0 unspecified atom stereocenters. The Balaban J connectivity index is 1.72. The second-order valence-electron chi connectivity index (χ2n) is 9.45. The number of fused-ring (bicyclic) bond motifs is 1. The zero-order chi connectivity index (χ0) is 24.5. The topological polar surface area (TPSA) is 113 Å². The first-order valence-corrected chi connectivity index (χ1v) is 13.1. The first-order chi connectivity index (χ1) is 16.2. The SMILES string of the molecule is C[C@H](CO)N1C[C@H](C)[C@H](CN(C)C(=O)CC2CC2)Oc2cc(-c3cncnc3)ccc2S1(=O)=O. The van der Waals surface area contributed by atoms with E-state index < -0.39 is 22.2 Å². The molecule has 2 aromatic rings. The Kier molecular flexibility index (Phi) is 7.20. The summed E-state index contributed by atoms with van der Waals surface area (Å²) in [6, 6.07) is 4.31. The van der Waals surface area contributed by atoms with Crippen molar-refractivity contribution < 1.29 is 23.1 Å². The Hall–Kier alpha value is -2.56. The summed E-state index contributed by atoms with van der Waals surface area (Å²) in [5, 5.41) is 9.78. The van der Waals surface area contributed by atoms with Gasteiger partial charge in [0.2, 0.25) is 15.9 Å². The van der Waals surface area contributed by atoms with E-state index in [0.717, 1.165) is 24.0 Å². The molecule has 1 aliphatic heterocycles. The van der Waals surface area contributed by atoms with Crippen molar-refractivity contribution in [2.75, 3.05) is 26.7 Å². The number of aliphatic hydroxyl groups is 1. The van der Waals surface area contributed by atoms with Crippen LogP contribution >= 0.6 is 0 Å². The summed E-state index contributed by atoms with van der Waals surface area (Å²) >= 11 is 0. The van der Waals surface area contributed by atoms with E-state index >= 15 is 0 Å². The second-order valence-corrected chi connectivity index (χ2v) is 11.3. The lowest BCUT2D eigenvalue weighted by atomic mass is 10.0. The van der Waals surface area contributed by atoms with Gasteiger partial charge in [-0.2, -0.15) is 4.31 Å². The van der Waals surface area contributed by atoms with Gasteiger partial charge in [-0.15, -0.1) is 0 Å². The van der Waals surface area contributed by atoms with E-state index in [1.54, 1.807) is 43.4 Å². The van der Waals surface area contributed by atoms with Crippen molar-refractivity contribution in [3.05, 3.63) is 36.9 Å². The molecule has 1 aromatic heterocycles. The Morgan fingerprint density at radius 2 is 1.97 bits per heavy atom. The number of hydrogen-bond acceptors (Lipinski definition) is 7. The monoisotopic (exact) mass is 488 g/mol. The van der Waals surface area contributed by atoms with Crippen LogP contribution in [0.2, 0.25) is 0 Å². The van der Waals surface area contributed by atoms with Crippen molar-refractivity contribution in [1.29, 1.82) is 0 Å². The van der Waals surface area contributed by atoms with Crippen LogP contribution in [-0.2, 0) is 14.8 Å². The molecule has 9 nitrogen and oxygen atoms in total. The van der Waals surface area contributed by atoms with Gasteiger partial charge >= 0.3 is 0 Å². The van der Waals surface area contributed by atoms with Gasteiger partial charge in [0.1, 0.15) is 23.1 Å². The van der Waals surface area contributed by atoms with Gasteiger partial charge < -0.3 is 14.7 Å². The summed E-state index contributed by atoms with van der Waals surface area (Å²) in [6.07, 6.45) is 7.03. The summed E-state index contributed by atoms with van der Waals surface area (Å²) in [5.74, 6) is 0.546. The predicted molar refractivity (Wildman–Crippen MR) is 126 cm³/mol. The molecule has 1 aromatic carbocycles. The average molecular weight is 489 g/mol. The van der Waals surface area contributed by atoms with Crippen molar-refractivity contribution in [2.24, 2.45) is 11.8 Å². The van der Waals surface area contributed by atoms with Crippen LogP contribution in [0.15, 0.2) is 41.8 Å². The molecular weight excluding hydrogens is 456 g/mol. The lowest BCUT2D eigenvalue weighted by Gasteiger charge is -2.37. The molecule has 0 radical (unpaired) electrons. The van der Waals surface area contributed by atoms with Crippen LogP contribution in [0.25, 0.3) is 11.1 Å². The molecule has 1 amide bonds. The Morgan fingerprint density at radius 3 is 2.62 bits per heavy atom. The number of amides is 1. The number of aliphatic hydroxyl groups excluding tert-OH is 1. The number of carbonyl (C=O) groups is 1. The van der Waals surface area contributed by atoms with Crippen LogP contribution in [0.5, 0.6) is 5.75 Å². The van der Waals surface area contributed by atoms with E-state index in [1.165, 1.54) is 16.7 Å². The largest absolute Gasteiger partial charge is 0.487 e. The number of sulfonamides is 1. The normalized spacial score (nSPS) is 23.2. The fraction of sp³-hybridized carbons (Fsp3) is 0.542. The van der Waals surface area contributed by atoms with E-state index in [2.05, 4.69) is 9.97 Å². The molecule has 0 spiro atoms. The quantitative estimate of drug-likeness (QED) is 0.635. The van der Waals surface area contributed by atoms with Gasteiger partial charge in [0.15, 0.2) is 0 Å². The molecule has 4 rings (SSSR count). The molecule has 34 heavy (non-hydrogen) atoms. The number of benzene rings is 1. The summed E-state index contributed by atoms with van der Waals surface area (Å²) in [5.41, 5.74) is 1.46. The molecule has 10 heteroatoms. The maximum atomic E-state index is 13.6. The first kappa shape index (κ1) is 24.6. The predicted octanol–water partition coefficient (Wildman–Crippen LogP) is 2.17. The maximum absolute atomic E-state index is 13.6. The maximum Gasteiger partial charge on any atom is 0.247 e. The van der Waals surface area contributed by atoms with Crippen molar-refractivity contribution in [2.45, 2.75) is 50.2 Å². The summed E-state index contributed by atoms with van der Waals surface area (Å²) in [6.45, 7) is 3.81. The van der Waals surface area contributed by atoms with Gasteiger partial charge in [-0.1, -0.05) is 13.0 Å². The number of hydrogen-bond donors (Lipinski definition) is 1. The van der Waals surface area contributed by atoms with E-state index in [4.69, 9.17) is 4.74 Å². The zero-order valence-corrected chi connectivity index (χ0v) is 20.6. The molecule has 0 bridgehead atoms. The van der Waals surface area contributed by atoms with Crippen LogP contribution < -0.4 is 4.74 Å². The van der Waals surface area contributed by atoms with E-state index in [1.807, 2.05) is 6.92 Å². The molecule has 1 aliphatic carbocycles. The fourth-order valence-corrected chi connectivity index (χ4v) is 5.99. The van der Waals surface area contributed by atoms with Crippen LogP contribution in [0.1, 0.15) is 33.1 Å². The highest BCUT2D eigenvalue weighted by Gasteiger charge is 2.38. The van der Waals surface area contributed by atoms with E-state index in [0.29, 0.717) is 18.9 Å². The standard InChI is InChI=1S/C24H32N4O5S/c1-16-12-28(17(2)14-29)34(31,32)23-7-6-19(20-10-25-15-26-11-20)9-21(23)33-22(16)13-27(3)24(30)8-18-4-5-18/h6-7,9-11,15-18,22,29H,4-5,8,12-14H2,1-3H3/t16-,17+,22-/m0/s1. The van der Waals surface area contributed by atoms with Crippen molar-refractivity contribution in [3.63, 3.8) is 0 Å². The minimum atomic E-state index is -3.93. The first-order valence-electron chi connectivity index (χ1n) is 11.6. The number of rotatable bonds is 7. The van der Waals surface area contributed by atoms with Gasteiger partial charge in [-0.3, -0.25) is 4.79 Å². The average Bonchev–Trinajstić information content (AvgIpc) is 3.65. The number of likely N-dealkylation sites (N-methyl/N-ethyl adjacent to an activating group) is 1. The van der Waals surface area contributed by atoms with E-state index in [-0.39, 0.29) is 35.6 Å². The van der Waals surface area contributed by atoms with E-state index in [9.17, 15) is 18.3 Å². The number of ether oxygens (including phenoxy) is 1. The summed E-state index contributed by atoms with van der Waals surface area (Å²) in [4.78, 5) is 22.5. The molecule has 3 atom stereocenters. The second kappa shape index (κ2) is 9.97. The number of nitrogens with zero attached hydrogens (tertiary/aromatic N) is 4. The molecule has 2 aliphatic rings. The van der Waals surface area contributed by atoms with Crippen molar-refractivity contribution in [1.82, 2.24) is 19.2 Å². The third-order valence-corrected chi connectivity index (χ3v) is 8.62. The highest BCUT2D eigenvalue weighted by atomic mass is 32.2. The van der Waals surface area contributed by atoms with Crippen molar-refractivity contribution in [3.8, 4) is 16.9 Å². The molecular formula is C24H32N4O5S. The number of carbonyl (C=O) groups excluding carboxylic acids is 1. The molecule has 0 saturated heterocycles. The molecule has 1 fully saturated rings.